The zero-order valence-electron chi connectivity index (χ0n) is 10.0. The second-order valence-electron chi connectivity index (χ2n) is 4.29. The molecule has 0 unspecified atom stereocenters. The van der Waals surface area contributed by atoms with E-state index in [2.05, 4.69) is 52.0 Å². The van der Waals surface area contributed by atoms with Crippen molar-refractivity contribution in [3.05, 3.63) is 29.8 Å². The molecular weight excluding hydrogens is 280 g/mol. The summed E-state index contributed by atoms with van der Waals surface area (Å²) in [5, 5.41) is 0.428. The third kappa shape index (κ3) is 2.80. The molecule has 17 heavy (non-hydrogen) atoms. The van der Waals surface area contributed by atoms with Gasteiger partial charge in [0, 0.05) is 31.9 Å². The predicted octanol–water partition coefficient (Wildman–Crippen LogP) is 2.04. The second kappa shape index (κ2) is 5.54. The van der Waals surface area contributed by atoms with Crippen LogP contribution in [-0.2, 0) is 4.79 Å². The summed E-state index contributed by atoms with van der Waals surface area (Å²) in [5.41, 5.74) is 2.59. The molecule has 0 aromatic heterocycles. The summed E-state index contributed by atoms with van der Waals surface area (Å²) >= 11 is 3.22. The first-order chi connectivity index (χ1) is 8.22. The van der Waals surface area contributed by atoms with Crippen molar-refractivity contribution in [2.45, 2.75) is 6.92 Å². The Balaban J connectivity index is 2.00. The molecule has 1 aromatic rings. The van der Waals surface area contributed by atoms with Gasteiger partial charge in [0.25, 0.3) is 0 Å². The lowest BCUT2D eigenvalue weighted by Gasteiger charge is -2.36. The summed E-state index contributed by atoms with van der Waals surface area (Å²) in [5.74, 6) is 0.189. The highest BCUT2D eigenvalue weighted by Crippen LogP contribution is 2.20. The maximum atomic E-state index is 11.5. The molecule has 0 radical (unpaired) electrons. The van der Waals surface area contributed by atoms with E-state index >= 15 is 0 Å². The number of hydrogen-bond donors (Lipinski definition) is 0. The Morgan fingerprint density at radius 1 is 1.24 bits per heavy atom. The largest absolute Gasteiger partial charge is 0.368 e. The summed E-state index contributed by atoms with van der Waals surface area (Å²) in [4.78, 5) is 15.8. The molecule has 3 nitrogen and oxygen atoms in total. The molecule has 0 bridgehead atoms. The van der Waals surface area contributed by atoms with Crippen LogP contribution >= 0.6 is 15.9 Å². The molecule has 1 aliphatic heterocycles. The highest BCUT2D eigenvalue weighted by atomic mass is 79.9. The number of amides is 1. The third-order valence-electron chi connectivity index (χ3n) is 3.20. The quantitative estimate of drug-likeness (QED) is 0.780. The molecule has 0 spiro atoms. The van der Waals surface area contributed by atoms with E-state index in [1.165, 1.54) is 11.3 Å². The zero-order valence-corrected chi connectivity index (χ0v) is 11.6. The van der Waals surface area contributed by atoms with Gasteiger partial charge in [-0.05, 0) is 18.6 Å². The van der Waals surface area contributed by atoms with Crippen LogP contribution in [0.3, 0.4) is 0 Å². The number of alkyl halides is 1. The van der Waals surface area contributed by atoms with Gasteiger partial charge in [-0.25, -0.2) is 0 Å². The van der Waals surface area contributed by atoms with E-state index in [1.54, 1.807) is 0 Å². The Kier molecular flexibility index (Phi) is 4.05. The van der Waals surface area contributed by atoms with Crippen molar-refractivity contribution in [3.8, 4) is 0 Å². The summed E-state index contributed by atoms with van der Waals surface area (Å²) in [6.07, 6.45) is 0. The van der Waals surface area contributed by atoms with Crippen LogP contribution in [0.2, 0.25) is 0 Å². The average molecular weight is 297 g/mol. The first-order valence-corrected chi connectivity index (χ1v) is 6.99. The standard InChI is InChI=1S/C13H17BrN2O/c1-11-4-2-3-5-12(11)15-6-8-16(9-7-15)13(17)10-14/h2-5H,6-10H2,1H3. The van der Waals surface area contributed by atoms with Gasteiger partial charge in [0.05, 0.1) is 5.33 Å². The minimum absolute atomic E-state index is 0.189. The molecule has 0 aliphatic carbocycles. The number of aryl methyl sites for hydroxylation is 1. The fourth-order valence-electron chi connectivity index (χ4n) is 2.20. The van der Waals surface area contributed by atoms with Crippen molar-refractivity contribution in [1.29, 1.82) is 0 Å². The van der Waals surface area contributed by atoms with Gasteiger partial charge in [-0.15, -0.1) is 0 Å². The number of halogens is 1. The van der Waals surface area contributed by atoms with Crippen LogP contribution in [0.1, 0.15) is 5.56 Å². The smallest absolute Gasteiger partial charge is 0.233 e. The van der Waals surface area contributed by atoms with Gasteiger partial charge in [-0.2, -0.15) is 0 Å². The lowest BCUT2D eigenvalue weighted by molar-refractivity contribution is -0.128. The fraction of sp³-hybridized carbons (Fsp3) is 0.462. The molecule has 1 heterocycles. The molecule has 1 aromatic carbocycles. The molecule has 1 aliphatic rings. The number of carbonyl (C=O) groups excluding carboxylic acids is 1. The fourth-order valence-corrected chi connectivity index (χ4v) is 2.55. The zero-order chi connectivity index (χ0) is 12.3. The van der Waals surface area contributed by atoms with E-state index in [0.717, 1.165) is 26.2 Å². The lowest BCUT2D eigenvalue weighted by Crippen LogP contribution is -2.49. The molecule has 0 saturated carbocycles. The third-order valence-corrected chi connectivity index (χ3v) is 3.68. The number of benzene rings is 1. The summed E-state index contributed by atoms with van der Waals surface area (Å²) < 4.78 is 0. The highest BCUT2D eigenvalue weighted by Gasteiger charge is 2.20. The van der Waals surface area contributed by atoms with Crippen molar-refractivity contribution in [3.63, 3.8) is 0 Å². The number of rotatable bonds is 2. The van der Waals surface area contributed by atoms with Crippen LogP contribution in [0, 0.1) is 6.92 Å². The van der Waals surface area contributed by atoms with Crippen LogP contribution in [0.4, 0.5) is 5.69 Å². The first-order valence-electron chi connectivity index (χ1n) is 5.86. The molecule has 0 N–H and O–H groups in total. The van der Waals surface area contributed by atoms with Crippen molar-refractivity contribution in [2.75, 3.05) is 36.4 Å². The van der Waals surface area contributed by atoms with Crippen molar-refractivity contribution in [2.24, 2.45) is 0 Å². The Morgan fingerprint density at radius 2 is 1.88 bits per heavy atom. The van der Waals surface area contributed by atoms with Crippen LogP contribution in [0.15, 0.2) is 24.3 Å². The van der Waals surface area contributed by atoms with Gasteiger partial charge in [0.2, 0.25) is 5.91 Å². The second-order valence-corrected chi connectivity index (χ2v) is 4.85. The number of hydrogen-bond acceptors (Lipinski definition) is 2. The maximum absolute atomic E-state index is 11.5. The van der Waals surface area contributed by atoms with E-state index in [0.29, 0.717) is 5.33 Å². The topological polar surface area (TPSA) is 23.6 Å². The predicted molar refractivity (Wildman–Crippen MR) is 73.8 cm³/mol. The normalized spacial score (nSPS) is 16.1. The van der Waals surface area contributed by atoms with Gasteiger partial charge in [0.1, 0.15) is 0 Å². The van der Waals surface area contributed by atoms with Crippen molar-refractivity contribution >= 4 is 27.5 Å². The molecule has 2 rings (SSSR count). The van der Waals surface area contributed by atoms with E-state index in [4.69, 9.17) is 0 Å². The van der Waals surface area contributed by atoms with Crippen molar-refractivity contribution in [1.82, 2.24) is 4.90 Å². The Morgan fingerprint density at radius 3 is 2.47 bits per heavy atom. The molecule has 1 amide bonds. The lowest BCUT2D eigenvalue weighted by atomic mass is 10.1. The van der Waals surface area contributed by atoms with Gasteiger partial charge in [-0.3, -0.25) is 4.79 Å². The number of anilines is 1. The van der Waals surface area contributed by atoms with Crippen LogP contribution < -0.4 is 4.90 Å². The summed E-state index contributed by atoms with van der Waals surface area (Å²) in [6.45, 7) is 5.61. The summed E-state index contributed by atoms with van der Waals surface area (Å²) in [6, 6.07) is 8.41. The Hall–Kier alpha value is -1.03. The van der Waals surface area contributed by atoms with Crippen LogP contribution in [0.25, 0.3) is 0 Å². The molecule has 1 saturated heterocycles. The van der Waals surface area contributed by atoms with E-state index < -0.39 is 0 Å². The molecule has 1 fully saturated rings. The molecule has 0 atom stereocenters. The SMILES string of the molecule is Cc1ccccc1N1CCN(C(=O)CBr)CC1. The highest BCUT2D eigenvalue weighted by molar-refractivity contribution is 9.09. The van der Waals surface area contributed by atoms with Gasteiger partial charge in [0.15, 0.2) is 0 Å². The molecular formula is C13H17BrN2O. The minimum Gasteiger partial charge on any atom is -0.368 e. The maximum Gasteiger partial charge on any atom is 0.233 e. The molecule has 4 heteroatoms. The minimum atomic E-state index is 0.189. The first kappa shape index (κ1) is 12.4. The van der Waals surface area contributed by atoms with Gasteiger partial charge >= 0.3 is 0 Å². The van der Waals surface area contributed by atoms with Crippen LogP contribution in [-0.4, -0.2) is 42.3 Å². The monoisotopic (exact) mass is 296 g/mol. The average Bonchev–Trinajstić information content (AvgIpc) is 2.39. The van der Waals surface area contributed by atoms with E-state index in [-0.39, 0.29) is 5.91 Å². The van der Waals surface area contributed by atoms with Gasteiger partial charge in [-0.1, -0.05) is 34.1 Å². The number of carbonyl (C=O) groups is 1. The van der Waals surface area contributed by atoms with Crippen molar-refractivity contribution < 1.29 is 4.79 Å². The van der Waals surface area contributed by atoms with Gasteiger partial charge < -0.3 is 9.80 Å². The van der Waals surface area contributed by atoms with E-state index in [1.807, 2.05) is 4.90 Å². The Bertz CT molecular complexity index is 400. The van der Waals surface area contributed by atoms with E-state index in [9.17, 15) is 4.79 Å². The van der Waals surface area contributed by atoms with Crippen LogP contribution in [0.5, 0.6) is 0 Å². The Labute approximate surface area is 111 Å². The number of para-hydroxylation sites is 1. The summed E-state index contributed by atoms with van der Waals surface area (Å²) in [7, 11) is 0. The number of nitrogens with zero attached hydrogens (tertiary/aromatic N) is 2. The molecule has 92 valence electrons. The number of piperazine rings is 1.